The number of nitrogen functional groups attached to an aromatic ring is 1. The first-order valence-electron chi connectivity index (χ1n) is 9.48. The van der Waals surface area contributed by atoms with Gasteiger partial charge in [-0.05, 0) is 31.3 Å². The number of hydrogen-bond donors (Lipinski definition) is 2. The number of nitrogens with zero attached hydrogens (tertiary/aromatic N) is 5. The SMILES string of the molecule is CN1CCN(c2ccc(-c3cnc(N)c(C(=O)Nc4ccncc4)n3)cc2)CC1. The van der Waals surface area contributed by atoms with Gasteiger partial charge in [-0.25, -0.2) is 9.97 Å². The molecule has 148 valence electrons. The quantitative estimate of drug-likeness (QED) is 0.705. The number of hydrogen-bond acceptors (Lipinski definition) is 7. The fourth-order valence-corrected chi connectivity index (χ4v) is 3.24. The predicted molar refractivity (Wildman–Crippen MR) is 114 cm³/mol. The van der Waals surface area contributed by atoms with E-state index in [4.69, 9.17) is 5.73 Å². The van der Waals surface area contributed by atoms with Gasteiger partial charge in [-0.15, -0.1) is 0 Å². The maximum Gasteiger partial charge on any atom is 0.278 e. The van der Waals surface area contributed by atoms with Gasteiger partial charge in [0, 0.05) is 55.5 Å². The first-order chi connectivity index (χ1) is 14.1. The summed E-state index contributed by atoms with van der Waals surface area (Å²) in [6.07, 6.45) is 4.79. The molecule has 2 aromatic heterocycles. The van der Waals surface area contributed by atoms with Crippen LogP contribution in [0.5, 0.6) is 0 Å². The van der Waals surface area contributed by atoms with Crippen LogP contribution in [0.25, 0.3) is 11.3 Å². The lowest BCUT2D eigenvalue weighted by Crippen LogP contribution is -2.44. The topological polar surface area (TPSA) is 100 Å². The standard InChI is InChI=1S/C21H23N7O/c1-27-10-12-28(13-11-27)17-4-2-15(3-5-17)18-14-24-20(22)19(26-18)21(29)25-16-6-8-23-9-7-16/h2-9,14H,10-13H2,1H3,(H2,22,24)(H,23,25,29). The number of carbonyl (C=O) groups is 1. The Morgan fingerprint density at radius 3 is 2.41 bits per heavy atom. The second-order valence-electron chi connectivity index (χ2n) is 7.02. The highest BCUT2D eigenvalue weighted by atomic mass is 16.1. The number of rotatable bonds is 4. The van der Waals surface area contributed by atoms with E-state index < -0.39 is 5.91 Å². The molecule has 1 aromatic carbocycles. The monoisotopic (exact) mass is 389 g/mol. The van der Waals surface area contributed by atoms with Gasteiger partial charge in [-0.1, -0.05) is 12.1 Å². The minimum absolute atomic E-state index is 0.0920. The van der Waals surface area contributed by atoms with Crippen molar-refractivity contribution in [3.8, 4) is 11.3 Å². The molecule has 0 aliphatic carbocycles. The lowest BCUT2D eigenvalue weighted by molar-refractivity contribution is 0.102. The van der Waals surface area contributed by atoms with Gasteiger partial charge in [-0.3, -0.25) is 9.78 Å². The van der Waals surface area contributed by atoms with Crippen LogP contribution in [-0.2, 0) is 0 Å². The number of benzene rings is 1. The lowest BCUT2D eigenvalue weighted by atomic mass is 10.1. The Labute approximate surface area is 169 Å². The van der Waals surface area contributed by atoms with E-state index in [2.05, 4.69) is 49.2 Å². The molecule has 0 radical (unpaired) electrons. The summed E-state index contributed by atoms with van der Waals surface area (Å²) in [4.78, 5) is 29.8. The minimum Gasteiger partial charge on any atom is -0.382 e. The normalized spacial score (nSPS) is 14.6. The number of nitrogens with one attached hydrogen (secondary N) is 1. The molecule has 1 amide bonds. The predicted octanol–water partition coefficient (Wildman–Crippen LogP) is 2.12. The van der Waals surface area contributed by atoms with Crippen LogP contribution in [0.4, 0.5) is 17.2 Å². The van der Waals surface area contributed by atoms with Gasteiger partial charge in [0.05, 0.1) is 11.9 Å². The molecule has 0 unspecified atom stereocenters. The molecule has 1 saturated heterocycles. The van der Waals surface area contributed by atoms with E-state index in [1.54, 1.807) is 30.7 Å². The Hall–Kier alpha value is -3.52. The number of piperazine rings is 1. The molecule has 4 rings (SSSR count). The summed E-state index contributed by atoms with van der Waals surface area (Å²) in [7, 11) is 2.14. The molecule has 3 heterocycles. The number of carbonyl (C=O) groups excluding carboxylic acids is 1. The minimum atomic E-state index is -0.405. The van der Waals surface area contributed by atoms with Gasteiger partial charge in [0.25, 0.3) is 5.91 Å². The van der Waals surface area contributed by atoms with Crippen molar-refractivity contribution in [2.24, 2.45) is 0 Å². The average Bonchev–Trinajstić information content (AvgIpc) is 2.75. The van der Waals surface area contributed by atoms with Crippen molar-refractivity contribution in [2.45, 2.75) is 0 Å². The number of pyridine rings is 1. The summed E-state index contributed by atoms with van der Waals surface area (Å²) in [5.41, 5.74) is 9.28. The molecule has 8 heteroatoms. The maximum atomic E-state index is 12.6. The van der Waals surface area contributed by atoms with E-state index in [-0.39, 0.29) is 11.5 Å². The van der Waals surface area contributed by atoms with E-state index in [0.717, 1.165) is 31.7 Å². The summed E-state index contributed by atoms with van der Waals surface area (Å²) in [5.74, 6) is -0.313. The van der Waals surface area contributed by atoms with E-state index in [9.17, 15) is 4.79 Å². The Kier molecular flexibility index (Phi) is 5.35. The molecular formula is C21H23N7O. The Bertz CT molecular complexity index is 984. The van der Waals surface area contributed by atoms with Crippen molar-refractivity contribution in [3.63, 3.8) is 0 Å². The van der Waals surface area contributed by atoms with E-state index in [0.29, 0.717) is 11.4 Å². The summed E-state index contributed by atoms with van der Waals surface area (Å²) >= 11 is 0. The molecule has 1 fully saturated rings. The molecular weight excluding hydrogens is 366 g/mol. The smallest absolute Gasteiger partial charge is 0.278 e. The van der Waals surface area contributed by atoms with Crippen molar-refractivity contribution >= 4 is 23.1 Å². The fourth-order valence-electron chi connectivity index (χ4n) is 3.24. The summed E-state index contributed by atoms with van der Waals surface area (Å²) in [6, 6.07) is 11.5. The Balaban J connectivity index is 1.53. The third kappa shape index (κ3) is 4.33. The highest BCUT2D eigenvalue weighted by Crippen LogP contribution is 2.23. The van der Waals surface area contributed by atoms with Crippen molar-refractivity contribution in [1.29, 1.82) is 0 Å². The average molecular weight is 389 g/mol. The Morgan fingerprint density at radius 2 is 1.72 bits per heavy atom. The number of anilines is 3. The van der Waals surface area contributed by atoms with E-state index in [1.165, 1.54) is 5.69 Å². The first kappa shape index (κ1) is 18.8. The zero-order valence-corrected chi connectivity index (χ0v) is 16.2. The molecule has 29 heavy (non-hydrogen) atoms. The maximum absolute atomic E-state index is 12.6. The molecule has 0 saturated carbocycles. The molecule has 1 aliphatic rings. The zero-order valence-electron chi connectivity index (χ0n) is 16.2. The van der Waals surface area contributed by atoms with Gasteiger partial charge in [0.1, 0.15) is 0 Å². The lowest BCUT2D eigenvalue weighted by Gasteiger charge is -2.34. The van der Waals surface area contributed by atoms with E-state index in [1.807, 2.05) is 12.1 Å². The van der Waals surface area contributed by atoms with Crippen LogP contribution in [0.2, 0.25) is 0 Å². The van der Waals surface area contributed by atoms with Crippen molar-refractivity contribution in [3.05, 3.63) is 60.7 Å². The van der Waals surface area contributed by atoms with Gasteiger partial charge in [0.2, 0.25) is 0 Å². The zero-order chi connectivity index (χ0) is 20.2. The third-order valence-corrected chi connectivity index (χ3v) is 4.99. The van der Waals surface area contributed by atoms with Crippen molar-refractivity contribution < 1.29 is 4.79 Å². The van der Waals surface area contributed by atoms with Crippen molar-refractivity contribution in [1.82, 2.24) is 19.9 Å². The largest absolute Gasteiger partial charge is 0.382 e. The van der Waals surface area contributed by atoms with Crippen molar-refractivity contribution in [2.75, 3.05) is 49.2 Å². The summed E-state index contributed by atoms with van der Waals surface area (Å²) < 4.78 is 0. The van der Waals surface area contributed by atoms with Crippen LogP contribution in [0, 0.1) is 0 Å². The molecule has 3 aromatic rings. The van der Waals surface area contributed by atoms with E-state index >= 15 is 0 Å². The number of likely N-dealkylation sites (N-methyl/N-ethyl adjacent to an activating group) is 1. The number of aromatic nitrogens is 3. The second-order valence-corrected chi connectivity index (χ2v) is 7.02. The summed E-state index contributed by atoms with van der Waals surface area (Å²) in [5, 5.41) is 2.76. The van der Waals surface area contributed by atoms with Gasteiger partial charge < -0.3 is 20.9 Å². The number of nitrogens with two attached hydrogens (primary N) is 1. The van der Waals surface area contributed by atoms with Crippen LogP contribution in [-0.4, -0.2) is 59.0 Å². The molecule has 1 aliphatic heterocycles. The molecule has 8 nitrogen and oxygen atoms in total. The highest BCUT2D eigenvalue weighted by Gasteiger charge is 2.16. The van der Waals surface area contributed by atoms with Gasteiger partial charge in [0.15, 0.2) is 11.5 Å². The first-order valence-corrected chi connectivity index (χ1v) is 9.48. The van der Waals surface area contributed by atoms with Crippen LogP contribution >= 0.6 is 0 Å². The number of amides is 1. The van der Waals surface area contributed by atoms with Crippen LogP contribution in [0.1, 0.15) is 10.5 Å². The third-order valence-electron chi connectivity index (χ3n) is 4.99. The van der Waals surface area contributed by atoms with Crippen LogP contribution < -0.4 is 16.0 Å². The Morgan fingerprint density at radius 1 is 1.03 bits per heavy atom. The van der Waals surface area contributed by atoms with Crippen LogP contribution in [0.3, 0.4) is 0 Å². The van der Waals surface area contributed by atoms with Gasteiger partial charge in [-0.2, -0.15) is 0 Å². The summed E-state index contributed by atoms with van der Waals surface area (Å²) in [6.45, 7) is 4.13. The van der Waals surface area contributed by atoms with Gasteiger partial charge >= 0.3 is 0 Å². The van der Waals surface area contributed by atoms with Crippen LogP contribution in [0.15, 0.2) is 55.0 Å². The molecule has 0 atom stereocenters. The molecule has 0 spiro atoms. The fraction of sp³-hybridized carbons (Fsp3) is 0.238. The second kappa shape index (κ2) is 8.24. The molecule has 0 bridgehead atoms. The highest BCUT2D eigenvalue weighted by molar-refractivity contribution is 6.05. The molecule has 3 N–H and O–H groups in total.